The lowest BCUT2D eigenvalue weighted by atomic mass is 9.90. The van der Waals surface area contributed by atoms with Gasteiger partial charge in [-0.1, -0.05) is 12.1 Å². The van der Waals surface area contributed by atoms with Crippen molar-refractivity contribution in [2.75, 3.05) is 19.3 Å². The van der Waals surface area contributed by atoms with Crippen molar-refractivity contribution < 1.29 is 18.3 Å². The van der Waals surface area contributed by atoms with Crippen molar-refractivity contribution >= 4 is 27.8 Å². The predicted molar refractivity (Wildman–Crippen MR) is 77.3 cm³/mol. The van der Waals surface area contributed by atoms with Gasteiger partial charge in [-0.3, -0.25) is 4.79 Å². The monoisotopic (exact) mass is 315 g/mol. The van der Waals surface area contributed by atoms with Gasteiger partial charge in [-0.15, -0.1) is 11.8 Å². The highest BCUT2D eigenvalue weighted by atomic mass is 32.2. The maximum absolute atomic E-state index is 12.6. The van der Waals surface area contributed by atoms with Crippen LogP contribution in [-0.2, 0) is 14.8 Å². The fourth-order valence-corrected chi connectivity index (χ4v) is 4.96. The number of thioether (sulfide) groups is 1. The highest BCUT2D eigenvalue weighted by Crippen LogP contribution is 2.35. The van der Waals surface area contributed by atoms with Crippen molar-refractivity contribution in [1.29, 1.82) is 0 Å². The summed E-state index contributed by atoms with van der Waals surface area (Å²) in [6.45, 7) is 1.85. The van der Waals surface area contributed by atoms with E-state index in [9.17, 15) is 18.3 Å². The molecule has 5 nitrogen and oxygen atoms in total. The molecule has 20 heavy (non-hydrogen) atoms. The molecule has 0 amide bonds. The van der Waals surface area contributed by atoms with Gasteiger partial charge < -0.3 is 5.11 Å². The van der Waals surface area contributed by atoms with Crippen LogP contribution in [0.3, 0.4) is 0 Å². The van der Waals surface area contributed by atoms with Gasteiger partial charge in [0.2, 0.25) is 10.0 Å². The standard InChI is InChI=1S/C13H17NO4S2/c1-13(12(15)16)7-8-14(9-13)20(17,18)11-6-4-3-5-10(11)19-2/h3-6H,7-9H2,1-2H3,(H,15,16). The average molecular weight is 315 g/mol. The van der Waals surface area contributed by atoms with Gasteiger partial charge in [0.15, 0.2) is 0 Å². The largest absolute Gasteiger partial charge is 0.481 e. The summed E-state index contributed by atoms with van der Waals surface area (Å²) < 4.78 is 26.6. The minimum Gasteiger partial charge on any atom is -0.481 e. The van der Waals surface area contributed by atoms with Crippen LogP contribution in [0.4, 0.5) is 0 Å². The Balaban J connectivity index is 2.36. The van der Waals surface area contributed by atoms with Gasteiger partial charge in [0.05, 0.1) is 10.3 Å². The topological polar surface area (TPSA) is 74.7 Å². The third kappa shape index (κ3) is 2.57. The Morgan fingerprint density at radius 3 is 2.60 bits per heavy atom. The van der Waals surface area contributed by atoms with Crippen LogP contribution in [0, 0.1) is 5.41 Å². The molecule has 0 bridgehead atoms. The Labute approximate surface area is 123 Å². The second kappa shape index (κ2) is 5.38. The summed E-state index contributed by atoms with van der Waals surface area (Å²) in [6, 6.07) is 6.79. The van der Waals surface area contributed by atoms with Crippen LogP contribution < -0.4 is 0 Å². The van der Waals surface area contributed by atoms with Gasteiger partial charge in [0, 0.05) is 18.0 Å². The average Bonchev–Trinajstić information content (AvgIpc) is 2.83. The van der Waals surface area contributed by atoms with Crippen LogP contribution in [0.2, 0.25) is 0 Å². The quantitative estimate of drug-likeness (QED) is 0.859. The van der Waals surface area contributed by atoms with Crippen LogP contribution >= 0.6 is 11.8 Å². The van der Waals surface area contributed by atoms with Crippen molar-refractivity contribution in [3.05, 3.63) is 24.3 Å². The first-order valence-electron chi connectivity index (χ1n) is 6.18. The summed E-state index contributed by atoms with van der Waals surface area (Å²) in [5.41, 5.74) is -0.999. The minimum atomic E-state index is -3.64. The summed E-state index contributed by atoms with van der Waals surface area (Å²) >= 11 is 1.37. The first-order valence-corrected chi connectivity index (χ1v) is 8.84. The molecular formula is C13H17NO4S2. The van der Waals surface area contributed by atoms with Crippen molar-refractivity contribution in [3.8, 4) is 0 Å². The van der Waals surface area contributed by atoms with E-state index < -0.39 is 21.4 Å². The normalized spacial score (nSPS) is 23.9. The van der Waals surface area contributed by atoms with E-state index in [0.29, 0.717) is 11.3 Å². The van der Waals surface area contributed by atoms with Gasteiger partial charge in [-0.25, -0.2) is 8.42 Å². The number of carboxylic acids is 1. The maximum Gasteiger partial charge on any atom is 0.310 e. The van der Waals surface area contributed by atoms with Gasteiger partial charge in [-0.05, 0) is 31.7 Å². The molecule has 1 aromatic rings. The molecule has 7 heteroatoms. The fraction of sp³-hybridized carbons (Fsp3) is 0.462. The zero-order chi connectivity index (χ0) is 15.0. The molecule has 1 aliphatic heterocycles. The van der Waals surface area contributed by atoms with Crippen molar-refractivity contribution in [2.45, 2.75) is 23.1 Å². The Kier molecular flexibility index (Phi) is 4.13. The molecule has 1 N–H and O–H groups in total. The summed E-state index contributed by atoms with van der Waals surface area (Å²) in [5, 5.41) is 9.20. The van der Waals surface area contributed by atoms with E-state index >= 15 is 0 Å². The van der Waals surface area contributed by atoms with Crippen LogP contribution in [0.5, 0.6) is 0 Å². The third-order valence-electron chi connectivity index (χ3n) is 3.64. The molecule has 0 aromatic heterocycles. The molecule has 0 aliphatic carbocycles. The van der Waals surface area contributed by atoms with Crippen molar-refractivity contribution in [1.82, 2.24) is 4.31 Å². The molecule has 1 saturated heterocycles. The van der Waals surface area contributed by atoms with Crippen molar-refractivity contribution in [2.24, 2.45) is 5.41 Å². The number of benzene rings is 1. The molecule has 0 spiro atoms. The predicted octanol–water partition coefficient (Wildman–Crippen LogP) is 1.89. The zero-order valence-electron chi connectivity index (χ0n) is 11.4. The molecular weight excluding hydrogens is 298 g/mol. The van der Waals surface area contributed by atoms with Gasteiger partial charge in [0.25, 0.3) is 0 Å². The lowest BCUT2D eigenvalue weighted by molar-refractivity contribution is -0.146. The van der Waals surface area contributed by atoms with Crippen LogP contribution in [-0.4, -0.2) is 43.1 Å². The maximum atomic E-state index is 12.6. The van der Waals surface area contributed by atoms with Gasteiger partial charge in [0.1, 0.15) is 0 Å². The fourth-order valence-electron chi connectivity index (χ4n) is 2.27. The molecule has 1 aliphatic rings. The van der Waals surface area contributed by atoms with E-state index in [1.807, 2.05) is 6.26 Å². The molecule has 1 aromatic carbocycles. The molecule has 1 fully saturated rings. The Morgan fingerprint density at radius 2 is 2.05 bits per heavy atom. The van der Waals surface area contributed by atoms with Gasteiger partial charge in [-0.2, -0.15) is 4.31 Å². The number of carbonyl (C=O) groups is 1. The number of carboxylic acid groups (broad SMARTS) is 1. The Morgan fingerprint density at radius 1 is 1.40 bits per heavy atom. The molecule has 2 rings (SSSR count). The smallest absolute Gasteiger partial charge is 0.310 e. The van der Waals surface area contributed by atoms with E-state index in [-0.39, 0.29) is 18.0 Å². The SMILES string of the molecule is CSc1ccccc1S(=O)(=O)N1CCC(C)(C(=O)O)C1. The second-order valence-electron chi connectivity index (χ2n) is 5.11. The first-order chi connectivity index (χ1) is 9.31. The van der Waals surface area contributed by atoms with Crippen LogP contribution in [0.25, 0.3) is 0 Å². The lowest BCUT2D eigenvalue weighted by Gasteiger charge is -2.21. The highest BCUT2D eigenvalue weighted by Gasteiger charge is 2.45. The van der Waals surface area contributed by atoms with Crippen molar-refractivity contribution in [3.63, 3.8) is 0 Å². The first kappa shape index (κ1) is 15.3. The number of nitrogens with zero attached hydrogens (tertiary/aromatic N) is 1. The molecule has 1 heterocycles. The van der Waals surface area contributed by atoms with Crippen LogP contribution in [0.1, 0.15) is 13.3 Å². The van der Waals surface area contributed by atoms with E-state index in [1.54, 1.807) is 31.2 Å². The molecule has 0 saturated carbocycles. The molecule has 1 unspecified atom stereocenters. The molecule has 1 atom stereocenters. The third-order valence-corrected chi connectivity index (χ3v) is 6.47. The summed E-state index contributed by atoms with van der Waals surface area (Å²) in [7, 11) is -3.64. The number of sulfonamides is 1. The Hall–Kier alpha value is -1.05. The number of hydrogen-bond acceptors (Lipinski definition) is 4. The van der Waals surface area contributed by atoms with E-state index in [0.717, 1.165) is 0 Å². The summed E-state index contributed by atoms with van der Waals surface area (Å²) in [6.07, 6.45) is 2.16. The highest BCUT2D eigenvalue weighted by molar-refractivity contribution is 7.99. The molecule has 0 radical (unpaired) electrons. The minimum absolute atomic E-state index is 0.0212. The van der Waals surface area contributed by atoms with E-state index in [4.69, 9.17) is 0 Å². The molecule has 110 valence electrons. The second-order valence-corrected chi connectivity index (χ2v) is 7.86. The number of hydrogen-bond donors (Lipinski definition) is 1. The summed E-state index contributed by atoms with van der Waals surface area (Å²) in [4.78, 5) is 12.2. The van der Waals surface area contributed by atoms with Gasteiger partial charge >= 0.3 is 5.97 Å². The van der Waals surface area contributed by atoms with E-state index in [2.05, 4.69) is 0 Å². The summed E-state index contributed by atoms with van der Waals surface area (Å²) in [5.74, 6) is -0.951. The van der Waals surface area contributed by atoms with E-state index in [1.165, 1.54) is 16.1 Å². The van der Waals surface area contributed by atoms with Crippen LogP contribution in [0.15, 0.2) is 34.1 Å². The lowest BCUT2D eigenvalue weighted by Crippen LogP contribution is -2.35. The Bertz CT molecular complexity index is 629. The number of aliphatic carboxylic acids is 1. The zero-order valence-corrected chi connectivity index (χ0v) is 13.0. The number of rotatable bonds is 4.